The van der Waals surface area contributed by atoms with E-state index in [1.165, 1.54) is 139 Å². The summed E-state index contributed by atoms with van der Waals surface area (Å²) < 4.78 is 2.71. The normalized spacial score (nSPS) is 18.0. The highest BCUT2D eigenvalue weighted by Gasteiger charge is 2.53. The van der Waals surface area contributed by atoms with Gasteiger partial charge in [0.05, 0.1) is 16.1 Å². The van der Waals surface area contributed by atoms with Crippen molar-refractivity contribution in [1.29, 1.82) is 0 Å². The SMILES string of the molecule is CC1(C)CCC(C)(C)c2cc3c(cc21)N1c2c(cccc2C3(C)C)B2c3c(cc4c(sc5ccccc54)c31)-c1ccc(-c3ccccc3)cc1N2c1cccc2c1C(C)(C)c1ccccc1-2. The van der Waals surface area contributed by atoms with Gasteiger partial charge in [0.2, 0.25) is 0 Å². The summed E-state index contributed by atoms with van der Waals surface area (Å²) in [5.41, 5.74) is 25.6. The van der Waals surface area contributed by atoms with E-state index in [4.69, 9.17) is 0 Å². The molecule has 1 aromatic heterocycles. The average molecular weight is 869 g/mol. The minimum absolute atomic E-state index is 0.0649. The van der Waals surface area contributed by atoms with Crippen LogP contribution < -0.4 is 20.6 Å². The lowest BCUT2D eigenvalue weighted by molar-refractivity contribution is 0.331. The van der Waals surface area contributed by atoms with Crippen molar-refractivity contribution in [1.82, 2.24) is 0 Å². The van der Waals surface area contributed by atoms with Crippen LogP contribution in [0.5, 0.6) is 0 Å². The maximum absolute atomic E-state index is 2.80. The van der Waals surface area contributed by atoms with Crippen molar-refractivity contribution >= 4 is 77.7 Å². The predicted molar refractivity (Wildman–Crippen MR) is 283 cm³/mol. The van der Waals surface area contributed by atoms with Crippen LogP contribution in [0.4, 0.5) is 28.4 Å². The van der Waals surface area contributed by atoms with Crippen LogP contribution in [0.3, 0.4) is 0 Å². The highest BCUT2D eigenvalue weighted by molar-refractivity contribution is 7.26. The summed E-state index contributed by atoms with van der Waals surface area (Å²) in [4.78, 5) is 5.58. The van der Waals surface area contributed by atoms with Gasteiger partial charge in [0.25, 0.3) is 0 Å². The number of rotatable bonds is 2. The summed E-state index contributed by atoms with van der Waals surface area (Å²) in [6.07, 6.45) is 2.37. The molecule has 0 bridgehead atoms. The van der Waals surface area contributed by atoms with Crippen LogP contribution in [0.15, 0.2) is 152 Å². The Morgan fingerprint density at radius 3 is 1.97 bits per heavy atom. The summed E-state index contributed by atoms with van der Waals surface area (Å²) in [7, 11) is 0. The lowest BCUT2D eigenvalue weighted by atomic mass is 9.42. The van der Waals surface area contributed by atoms with Crippen LogP contribution in [-0.4, -0.2) is 6.85 Å². The van der Waals surface area contributed by atoms with Crippen molar-refractivity contribution in [3.8, 4) is 33.4 Å². The zero-order chi connectivity index (χ0) is 44.8. The van der Waals surface area contributed by atoms with Gasteiger partial charge in [-0.3, -0.25) is 0 Å². The number of hydrogen-bond acceptors (Lipinski definition) is 3. The van der Waals surface area contributed by atoms with E-state index in [1.807, 2.05) is 11.3 Å². The molecule has 5 aliphatic rings. The maximum atomic E-state index is 2.80. The Kier molecular flexibility index (Phi) is 7.51. The minimum atomic E-state index is -0.242. The van der Waals surface area contributed by atoms with Gasteiger partial charge in [-0.25, -0.2) is 0 Å². The van der Waals surface area contributed by atoms with Gasteiger partial charge >= 0.3 is 6.85 Å². The molecule has 0 saturated carbocycles. The van der Waals surface area contributed by atoms with Gasteiger partial charge in [0, 0.05) is 48.9 Å². The van der Waals surface area contributed by atoms with Crippen molar-refractivity contribution in [2.75, 3.05) is 9.71 Å². The van der Waals surface area contributed by atoms with Gasteiger partial charge in [0.1, 0.15) is 0 Å². The van der Waals surface area contributed by atoms with Gasteiger partial charge in [-0.15, -0.1) is 11.3 Å². The van der Waals surface area contributed by atoms with Crippen LogP contribution in [0, 0.1) is 0 Å². The second kappa shape index (κ2) is 12.7. The molecule has 3 aliphatic heterocycles. The molecule has 4 heterocycles. The van der Waals surface area contributed by atoms with E-state index in [2.05, 4.69) is 217 Å². The first-order valence-electron chi connectivity index (χ1n) is 24.1. The molecule has 0 fully saturated rings. The number of nitrogens with zero attached hydrogens (tertiary/aromatic N) is 2. The fourth-order valence-corrected chi connectivity index (χ4v) is 14.8. The third-order valence-electron chi connectivity index (χ3n) is 17.1. The number of anilines is 5. The van der Waals surface area contributed by atoms with E-state index < -0.39 is 0 Å². The molecule has 2 aliphatic carbocycles. The third-order valence-corrected chi connectivity index (χ3v) is 18.2. The molecule has 0 N–H and O–H groups in total. The Bertz CT molecular complexity index is 3620. The van der Waals surface area contributed by atoms with Crippen molar-refractivity contribution in [3.05, 3.63) is 185 Å². The van der Waals surface area contributed by atoms with Crippen molar-refractivity contribution in [2.24, 2.45) is 0 Å². The van der Waals surface area contributed by atoms with Crippen molar-refractivity contribution in [3.63, 3.8) is 0 Å². The van der Waals surface area contributed by atoms with Gasteiger partial charge < -0.3 is 9.71 Å². The minimum Gasteiger partial charge on any atom is -0.376 e. The second-order valence-electron chi connectivity index (χ2n) is 22.3. The molecule has 8 aromatic carbocycles. The van der Waals surface area contributed by atoms with Crippen molar-refractivity contribution in [2.45, 2.75) is 89.9 Å². The predicted octanol–water partition coefficient (Wildman–Crippen LogP) is 15.7. The lowest BCUT2D eigenvalue weighted by Crippen LogP contribution is -2.62. The highest BCUT2D eigenvalue weighted by Crippen LogP contribution is 2.61. The number of thiophene rings is 1. The molecule has 14 rings (SSSR count). The first-order valence-corrected chi connectivity index (χ1v) is 24.9. The summed E-state index contributed by atoms with van der Waals surface area (Å²) in [6.45, 7) is 19.7. The molecule has 0 spiro atoms. The fraction of sp³-hybridized carbons (Fsp3) is 0.226. The second-order valence-corrected chi connectivity index (χ2v) is 23.3. The summed E-state index contributed by atoms with van der Waals surface area (Å²) in [6, 6.07) is 58.9. The Morgan fingerprint density at radius 1 is 0.455 bits per heavy atom. The number of para-hydroxylation sites is 1. The molecule has 0 radical (unpaired) electrons. The smallest absolute Gasteiger partial charge is 0.333 e. The summed E-state index contributed by atoms with van der Waals surface area (Å²) >= 11 is 1.98. The summed E-state index contributed by atoms with van der Waals surface area (Å²) in [5, 5.41) is 2.68. The molecule has 66 heavy (non-hydrogen) atoms. The molecule has 9 aromatic rings. The molecular weight excluding hydrogens is 816 g/mol. The maximum Gasteiger partial charge on any atom is 0.333 e. The molecule has 0 saturated heterocycles. The van der Waals surface area contributed by atoms with Gasteiger partial charge in [-0.1, -0.05) is 177 Å². The van der Waals surface area contributed by atoms with Crippen LogP contribution in [0.2, 0.25) is 0 Å². The van der Waals surface area contributed by atoms with E-state index in [9.17, 15) is 0 Å². The fourth-order valence-electron chi connectivity index (χ4n) is 13.5. The standard InChI is InChI=1S/C62H53BN2S/c1-59(2)30-31-60(3,4)47-35-52-48(34-46(47)59)61(5,6)45-24-17-25-49-56(45)64(52)57-55-42(33-43-40-21-13-15-27-53(40)66-58(43)57)39-29-28-37(36-18-10-9-11-19-36)32-51(39)65(63(49)55)50-26-16-22-41-38-20-12-14-23-44(38)62(7,8)54(41)50/h9-29,32-35H,30-31H2,1-8H3. The Hall–Kier alpha value is -6.36. The van der Waals surface area contributed by atoms with Gasteiger partial charge in [0.15, 0.2) is 0 Å². The lowest BCUT2D eigenvalue weighted by Gasteiger charge is -2.52. The monoisotopic (exact) mass is 868 g/mol. The van der Waals surface area contributed by atoms with Crippen LogP contribution >= 0.6 is 11.3 Å². The van der Waals surface area contributed by atoms with E-state index >= 15 is 0 Å². The first kappa shape index (κ1) is 38.9. The van der Waals surface area contributed by atoms with Gasteiger partial charge in [-0.05, 0) is 126 Å². The van der Waals surface area contributed by atoms with Crippen molar-refractivity contribution < 1.29 is 0 Å². The Morgan fingerprint density at radius 2 is 1.15 bits per heavy atom. The molecule has 0 atom stereocenters. The first-order chi connectivity index (χ1) is 31.8. The molecule has 320 valence electrons. The van der Waals surface area contributed by atoms with Gasteiger partial charge in [-0.2, -0.15) is 0 Å². The van der Waals surface area contributed by atoms with Crippen LogP contribution in [0.25, 0.3) is 53.6 Å². The molecular formula is C62H53BN2S. The average Bonchev–Trinajstić information content (AvgIpc) is 3.81. The van der Waals surface area contributed by atoms with Crippen LogP contribution in [-0.2, 0) is 21.7 Å². The Balaban J connectivity index is 1.16. The molecule has 0 amide bonds. The van der Waals surface area contributed by atoms with E-state index in [0.717, 1.165) is 0 Å². The molecule has 2 nitrogen and oxygen atoms in total. The number of fused-ring (bicyclic) bond motifs is 14. The van der Waals surface area contributed by atoms with E-state index in [-0.39, 0.29) is 28.5 Å². The van der Waals surface area contributed by atoms with Crippen LogP contribution in [0.1, 0.15) is 102 Å². The third kappa shape index (κ3) is 4.83. The zero-order valence-corrected chi connectivity index (χ0v) is 40.0. The largest absolute Gasteiger partial charge is 0.376 e. The zero-order valence-electron chi connectivity index (χ0n) is 39.2. The Labute approximate surface area is 393 Å². The topological polar surface area (TPSA) is 6.48 Å². The number of benzene rings is 8. The highest BCUT2D eigenvalue weighted by atomic mass is 32.1. The summed E-state index contributed by atoms with van der Waals surface area (Å²) in [5.74, 6) is 0. The quantitative estimate of drug-likeness (QED) is 0.160. The number of hydrogen-bond donors (Lipinski definition) is 0. The molecule has 4 heteroatoms. The molecule has 0 unspecified atom stereocenters. The van der Waals surface area contributed by atoms with E-state index in [1.54, 1.807) is 0 Å². The van der Waals surface area contributed by atoms with E-state index in [0.29, 0.717) is 0 Å².